The van der Waals surface area contributed by atoms with Crippen LogP contribution in [0.2, 0.25) is 0 Å². The average molecular weight is 146 g/mol. The van der Waals surface area contributed by atoms with Gasteiger partial charge in [-0.1, -0.05) is 6.08 Å². The molecule has 0 amide bonds. The van der Waals surface area contributed by atoms with Crippen LogP contribution < -0.4 is 0 Å². The molecule has 0 aromatic heterocycles. The first-order valence-electron chi connectivity index (χ1n) is 1.66. The molecule has 0 rings (SSSR count). The van der Waals surface area contributed by atoms with E-state index < -0.39 is 10.1 Å². The molecule has 0 atom stereocenters. The second kappa shape index (κ2) is 4.52. The molecule has 0 radical (unpaired) electrons. The van der Waals surface area contributed by atoms with Crippen molar-refractivity contribution in [1.29, 1.82) is 0 Å². The predicted molar refractivity (Wildman–Crippen MR) is 33.5 cm³/mol. The van der Waals surface area contributed by atoms with Gasteiger partial charge < -0.3 is 0 Å². The Morgan fingerprint density at radius 2 is 1.88 bits per heavy atom. The van der Waals surface area contributed by atoms with Crippen LogP contribution in [0.15, 0.2) is 11.5 Å². The third kappa shape index (κ3) is 9.82. The van der Waals surface area contributed by atoms with Gasteiger partial charge >= 0.3 is 29.6 Å². The number of hydrogen-bond acceptors (Lipinski definition) is 2. The Balaban J connectivity index is 0. The van der Waals surface area contributed by atoms with E-state index in [-0.39, 0.29) is 29.6 Å². The van der Waals surface area contributed by atoms with Crippen LogP contribution in [0, 0.1) is 0 Å². The quantitative estimate of drug-likeness (QED) is 0.410. The number of allylic oxidation sites excluding steroid dienone is 1. The standard InChI is InChI=1S/C3H6O3S.Na.H/c1-2-3-7(4,5)6;;/h2-3H,1H3,(H,4,5,6);;. The molecule has 0 aliphatic heterocycles. The molecule has 0 bridgehead atoms. The molecule has 0 saturated carbocycles. The van der Waals surface area contributed by atoms with E-state index in [0.717, 1.165) is 0 Å². The molecule has 0 aromatic carbocycles. The molecule has 3 nitrogen and oxygen atoms in total. The summed E-state index contributed by atoms with van der Waals surface area (Å²) < 4.78 is 27.3. The minimum absolute atomic E-state index is 0. The molecular formula is C3H7NaO3S. The molecule has 0 spiro atoms. The second-order valence-electron chi connectivity index (χ2n) is 0.984. The second-order valence-corrected chi connectivity index (χ2v) is 2.29. The van der Waals surface area contributed by atoms with Crippen molar-refractivity contribution in [3.8, 4) is 0 Å². The fourth-order valence-corrected chi connectivity index (χ4v) is 0.516. The first-order chi connectivity index (χ1) is 3.06. The summed E-state index contributed by atoms with van der Waals surface area (Å²) in [5.41, 5.74) is 0. The Morgan fingerprint density at radius 3 is 1.88 bits per heavy atom. The molecule has 1 N–H and O–H groups in total. The van der Waals surface area contributed by atoms with E-state index >= 15 is 0 Å². The summed E-state index contributed by atoms with van der Waals surface area (Å²) in [5.74, 6) is 0. The van der Waals surface area contributed by atoms with Crippen molar-refractivity contribution in [1.82, 2.24) is 0 Å². The van der Waals surface area contributed by atoms with Crippen LogP contribution in [-0.2, 0) is 10.1 Å². The van der Waals surface area contributed by atoms with Crippen LogP contribution >= 0.6 is 0 Å². The topological polar surface area (TPSA) is 54.4 Å². The molecule has 0 aromatic rings. The van der Waals surface area contributed by atoms with E-state index in [4.69, 9.17) is 4.55 Å². The molecule has 0 heterocycles. The van der Waals surface area contributed by atoms with Gasteiger partial charge in [0.15, 0.2) is 0 Å². The van der Waals surface area contributed by atoms with Gasteiger partial charge in [-0.05, 0) is 6.92 Å². The zero-order valence-electron chi connectivity index (χ0n) is 3.83. The molecule has 0 saturated heterocycles. The van der Waals surface area contributed by atoms with Crippen LogP contribution in [0.25, 0.3) is 0 Å². The van der Waals surface area contributed by atoms with E-state index in [0.29, 0.717) is 5.41 Å². The third-order valence-corrected chi connectivity index (χ3v) is 0.924. The van der Waals surface area contributed by atoms with E-state index in [1.807, 2.05) is 0 Å². The van der Waals surface area contributed by atoms with Crippen LogP contribution in [-0.4, -0.2) is 42.5 Å². The summed E-state index contributed by atoms with van der Waals surface area (Å²) in [6, 6.07) is 0. The summed E-state index contributed by atoms with van der Waals surface area (Å²) in [4.78, 5) is 0. The van der Waals surface area contributed by atoms with Crippen molar-refractivity contribution in [3.05, 3.63) is 11.5 Å². The first-order valence-corrected chi connectivity index (χ1v) is 3.17. The van der Waals surface area contributed by atoms with Crippen molar-refractivity contribution in [2.45, 2.75) is 6.92 Å². The third-order valence-electron chi connectivity index (χ3n) is 0.308. The first kappa shape index (κ1) is 11.4. The Labute approximate surface area is 70.8 Å². The fourth-order valence-electron chi connectivity index (χ4n) is 0.172. The van der Waals surface area contributed by atoms with Gasteiger partial charge in [0.1, 0.15) is 0 Å². The Kier molecular flexibility index (Phi) is 6.47. The van der Waals surface area contributed by atoms with Crippen molar-refractivity contribution in [2.24, 2.45) is 0 Å². The van der Waals surface area contributed by atoms with Gasteiger partial charge in [0.05, 0.1) is 5.41 Å². The van der Waals surface area contributed by atoms with Crippen molar-refractivity contribution in [2.75, 3.05) is 0 Å². The van der Waals surface area contributed by atoms with Crippen molar-refractivity contribution < 1.29 is 13.0 Å². The molecule has 0 aliphatic carbocycles. The molecule has 0 aliphatic rings. The van der Waals surface area contributed by atoms with E-state index in [1.165, 1.54) is 13.0 Å². The fraction of sp³-hybridized carbons (Fsp3) is 0.333. The van der Waals surface area contributed by atoms with Crippen molar-refractivity contribution in [3.63, 3.8) is 0 Å². The van der Waals surface area contributed by atoms with Gasteiger partial charge in [-0.3, -0.25) is 4.55 Å². The van der Waals surface area contributed by atoms with E-state index in [1.54, 1.807) is 0 Å². The van der Waals surface area contributed by atoms with Gasteiger partial charge in [-0.2, -0.15) is 8.42 Å². The average Bonchev–Trinajstić information content (AvgIpc) is 1.30. The summed E-state index contributed by atoms with van der Waals surface area (Å²) in [5, 5.41) is 0.715. The van der Waals surface area contributed by atoms with Gasteiger partial charge in [0, 0.05) is 0 Å². The molecule has 0 unspecified atom stereocenters. The summed E-state index contributed by atoms with van der Waals surface area (Å²) in [6.45, 7) is 1.51. The van der Waals surface area contributed by atoms with Crippen LogP contribution in [0.4, 0.5) is 0 Å². The predicted octanol–water partition coefficient (Wildman–Crippen LogP) is -0.241. The Bertz CT molecular complexity index is 157. The summed E-state index contributed by atoms with van der Waals surface area (Å²) in [7, 11) is -3.85. The molecular weight excluding hydrogens is 139 g/mol. The zero-order valence-corrected chi connectivity index (χ0v) is 4.64. The number of rotatable bonds is 1. The molecule has 44 valence electrons. The Hall–Kier alpha value is 0.650. The van der Waals surface area contributed by atoms with Crippen molar-refractivity contribution >= 4 is 39.7 Å². The van der Waals surface area contributed by atoms with Crippen LogP contribution in [0.1, 0.15) is 6.92 Å². The summed E-state index contributed by atoms with van der Waals surface area (Å²) in [6.07, 6.45) is 1.25. The summed E-state index contributed by atoms with van der Waals surface area (Å²) >= 11 is 0. The molecule has 8 heavy (non-hydrogen) atoms. The van der Waals surface area contributed by atoms with Gasteiger partial charge in [-0.25, -0.2) is 0 Å². The van der Waals surface area contributed by atoms with Crippen LogP contribution in [0.3, 0.4) is 0 Å². The normalized spacial score (nSPS) is 11.2. The van der Waals surface area contributed by atoms with Gasteiger partial charge in [-0.15, -0.1) is 0 Å². The zero-order chi connectivity index (χ0) is 5.91. The Morgan fingerprint density at radius 1 is 1.50 bits per heavy atom. The monoisotopic (exact) mass is 146 g/mol. The molecule has 0 fully saturated rings. The van der Waals surface area contributed by atoms with Gasteiger partial charge in [0.25, 0.3) is 10.1 Å². The minimum atomic E-state index is -3.85. The SMILES string of the molecule is CC=CS(=O)(=O)O.[NaH]. The molecule has 5 heteroatoms. The van der Waals surface area contributed by atoms with Gasteiger partial charge in [0.2, 0.25) is 0 Å². The maximum absolute atomic E-state index is 9.70. The number of hydrogen-bond donors (Lipinski definition) is 1. The van der Waals surface area contributed by atoms with E-state index in [2.05, 4.69) is 0 Å². The van der Waals surface area contributed by atoms with Crippen LogP contribution in [0.5, 0.6) is 0 Å². The maximum atomic E-state index is 9.70. The van der Waals surface area contributed by atoms with E-state index in [9.17, 15) is 8.42 Å².